The quantitative estimate of drug-likeness (QED) is 0.147. The van der Waals surface area contributed by atoms with E-state index in [4.69, 9.17) is 14.2 Å². The fourth-order valence-electron chi connectivity index (χ4n) is 4.57. The van der Waals surface area contributed by atoms with Crippen molar-refractivity contribution in [3.05, 3.63) is 90.0 Å². The molecule has 3 aromatic carbocycles. The van der Waals surface area contributed by atoms with E-state index in [9.17, 15) is 4.79 Å². The van der Waals surface area contributed by atoms with E-state index in [1.165, 1.54) is 18.4 Å². The molecule has 0 heterocycles. The number of ether oxygens (including phenoxy) is 3. The molecule has 0 fully saturated rings. The summed E-state index contributed by atoms with van der Waals surface area (Å²) in [7, 11) is 7.93. The molecule has 6 nitrogen and oxygen atoms in total. The first-order chi connectivity index (χ1) is 19.3. The predicted molar refractivity (Wildman–Crippen MR) is 162 cm³/mol. The fraction of sp³-hybridized carbons (Fsp3) is 0.441. The molecule has 216 valence electrons. The maximum absolute atomic E-state index is 12.9. The molecule has 0 bridgehead atoms. The van der Waals surface area contributed by atoms with Crippen molar-refractivity contribution in [1.29, 1.82) is 0 Å². The van der Waals surface area contributed by atoms with Gasteiger partial charge in [0, 0.05) is 13.0 Å². The lowest BCUT2D eigenvalue weighted by Gasteiger charge is -2.33. The van der Waals surface area contributed by atoms with E-state index < -0.39 is 0 Å². The summed E-state index contributed by atoms with van der Waals surface area (Å²) in [6.45, 7) is 1.95. The van der Waals surface area contributed by atoms with E-state index in [0.29, 0.717) is 17.7 Å². The second-order valence-corrected chi connectivity index (χ2v) is 11.2. The van der Waals surface area contributed by atoms with E-state index in [0.717, 1.165) is 61.5 Å². The van der Waals surface area contributed by atoms with Gasteiger partial charge in [0.15, 0.2) is 6.04 Å². The molecule has 0 aromatic heterocycles. The summed E-state index contributed by atoms with van der Waals surface area (Å²) in [6.07, 6.45) is 7.45. The van der Waals surface area contributed by atoms with Crippen molar-refractivity contribution in [3.63, 3.8) is 0 Å². The first kappa shape index (κ1) is 31.0. The first-order valence-corrected chi connectivity index (χ1v) is 14.5. The number of likely N-dealkylation sites (N-methyl/N-ethyl adjacent to an activating group) is 1. The van der Waals surface area contributed by atoms with Gasteiger partial charge >= 0.3 is 0 Å². The molecular weight excluding hydrogens is 500 g/mol. The van der Waals surface area contributed by atoms with Gasteiger partial charge in [-0.3, -0.25) is 4.79 Å². The molecule has 1 amide bonds. The molecule has 3 aromatic rings. The molecule has 40 heavy (non-hydrogen) atoms. The highest BCUT2D eigenvalue weighted by Gasteiger charge is 2.31. The Kier molecular flexibility index (Phi) is 12.8. The largest absolute Gasteiger partial charge is 0.497 e. The molecule has 0 radical (unpaired) electrons. The normalized spacial score (nSPS) is 12.0. The topological polar surface area (TPSA) is 56.8 Å². The summed E-state index contributed by atoms with van der Waals surface area (Å²) in [6, 6.07) is 25.9. The standard InChI is InChI=1S/C34H46N2O4/c1-36(2,3)33(26-28-15-10-9-11-16-28)34(37)35-23-12-7-5-6-8-13-24-39-30-19-21-31(22-20-30)40-27-29-17-14-18-32(25-29)38-4/h9-11,14-22,25,33H,5-8,12-13,23-24,26-27H2,1-4H3/p+1/t33-/m0/s1. The minimum absolute atomic E-state index is 0.0926. The lowest BCUT2D eigenvalue weighted by Crippen LogP contribution is -2.55. The van der Waals surface area contributed by atoms with Crippen molar-refractivity contribution >= 4 is 5.91 Å². The van der Waals surface area contributed by atoms with Gasteiger partial charge < -0.3 is 24.0 Å². The Balaban J connectivity index is 1.22. The Hall–Kier alpha value is -3.51. The number of benzene rings is 3. The SMILES string of the molecule is COc1cccc(COc2ccc(OCCCCCCCCNC(=O)[C@H](Cc3ccccc3)[N+](C)(C)C)cc2)c1. The second kappa shape index (κ2) is 16.6. The van der Waals surface area contributed by atoms with Gasteiger partial charge in [-0.15, -0.1) is 0 Å². The number of hydrogen-bond donors (Lipinski definition) is 1. The number of rotatable bonds is 18. The lowest BCUT2D eigenvalue weighted by molar-refractivity contribution is -0.886. The van der Waals surface area contributed by atoms with Crippen LogP contribution in [0.3, 0.4) is 0 Å². The van der Waals surface area contributed by atoms with Gasteiger partial charge in [-0.1, -0.05) is 68.1 Å². The predicted octanol–water partition coefficient (Wildman–Crippen LogP) is 6.43. The van der Waals surface area contributed by atoms with E-state index in [1.54, 1.807) is 7.11 Å². The third-order valence-corrected chi connectivity index (χ3v) is 7.01. The number of nitrogens with zero attached hydrogens (tertiary/aromatic N) is 1. The molecule has 0 aliphatic rings. The van der Waals surface area contributed by atoms with Crippen molar-refractivity contribution in [2.45, 2.75) is 57.6 Å². The number of methoxy groups -OCH3 is 1. The molecule has 0 saturated heterocycles. The fourth-order valence-corrected chi connectivity index (χ4v) is 4.57. The van der Waals surface area contributed by atoms with Gasteiger partial charge in [0.1, 0.15) is 23.9 Å². The van der Waals surface area contributed by atoms with E-state index in [1.807, 2.05) is 66.7 Å². The van der Waals surface area contributed by atoms with Crippen LogP contribution < -0.4 is 19.5 Å². The summed E-state index contributed by atoms with van der Waals surface area (Å²) in [4.78, 5) is 12.9. The highest BCUT2D eigenvalue weighted by Crippen LogP contribution is 2.20. The molecule has 6 heteroatoms. The Morgan fingerprint density at radius 1 is 0.725 bits per heavy atom. The highest BCUT2D eigenvalue weighted by atomic mass is 16.5. The van der Waals surface area contributed by atoms with E-state index in [2.05, 4.69) is 38.6 Å². The van der Waals surface area contributed by atoms with E-state index in [-0.39, 0.29) is 11.9 Å². The van der Waals surface area contributed by atoms with Gasteiger partial charge in [-0.05, 0) is 60.4 Å². The highest BCUT2D eigenvalue weighted by molar-refractivity contribution is 5.81. The lowest BCUT2D eigenvalue weighted by atomic mass is 10.0. The molecule has 0 spiro atoms. The van der Waals surface area contributed by atoms with Crippen LogP contribution in [-0.2, 0) is 17.8 Å². The van der Waals surface area contributed by atoms with Crippen LogP contribution in [0, 0.1) is 0 Å². The van der Waals surface area contributed by atoms with Crippen molar-refractivity contribution < 1.29 is 23.5 Å². The molecule has 1 atom stereocenters. The molecule has 0 unspecified atom stereocenters. The maximum Gasteiger partial charge on any atom is 0.278 e. The van der Waals surface area contributed by atoms with Crippen LogP contribution >= 0.6 is 0 Å². The summed E-state index contributed by atoms with van der Waals surface area (Å²) >= 11 is 0. The Morgan fingerprint density at radius 2 is 1.35 bits per heavy atom. The van der Waals surface area contributed by atoms with Gasteiger partial charge in [0.2, 0.25) is 0 Å². The van der Waals surface area contributed by atoms with Crippen LogP contribution in [-0.4, -0.2) is 57.8 Å². The van der Waals surface area contributed by atoms with Crippen molar-refractivity contribution in [1.82, 2.24) is 5.32 Å². The number of hydrogen-bond acceptors (Lipinski definition) is 4. The third-order valence-electron chi connectivity index (χ3n) is 7.01. The summed E-state index contributed by atoms with van der Waals surface area (Å²) in [5.41, 5.74) is 2.27. The minimum atomic E-state index is -0.0926. The number of unbranched alkanes of at least 4 members (excludes halogenated alkanes) is 5. The second-order valence-electron chi connectivity index (χ2n) is 11.2. The van der Waals surface area contributed by atoms with Gasteiger partial charge in [0.25, 0.3) is 5.91 Å². The van der Waals surface area contributed by atoms with Crippen molar-refractivity contribution in [2.24, 2.45) is 0 Å². The zero-order valence-corrected chi connectivity index (χ0v) is 24.7. The van der Waals surface area contributed by atoms with Gasteiger partial charge in [0.05, 0.1) is 34.9 Å². The van der Waals surface area contributed by atoms with Crippen molar-refractivity contribution in [3.8, 4) is 17.2 Å². The monoisotopic (exact) mass is 547 g/mol. The number of carbonyl (C=O) groups excluding carboxylic acids is 1. The maximum atomic E-state index is 12.9. The van der Waals surface area contributed by atoms with Gasteiger partial charge in [-0.25, -0.2) is 0 Å². The molecule has 0 aliphatic heterocycles. The van der Waals surface area contributed by atoms with Crippen LogP contribution in [0.5, 0.6) is 17.2 Å². The molecular formula is C34H47N2O4+. The van der Waals surface area contributed by atoms with Crippen LogP contribution in [0.25, 0.3) is 0 Å². The summed E-state index contributed by atoms with van der Waals surface area (Å²) < 4.78 is 17.6. The van der Waals surface area contributed by atoms with Crippen LogP contribution in [0.15, 0.2) is 78.9 Å². The Bertz CT molecular complexity index is 1130. The van der Waals surface area contributed by atoms with Crippen LogP contribution in [0.1, 0.15) is 49.7 Å². The minimum Gasteiger partial charge on any atom is -0.497 e. The van der Waals surface area contributed by atoms with Crippen molar-refractivity contribution in [2.75, 3.05) is 41.4 Å². The summed E-state index contributed by atoms with van der Waals surface area (Å²) in [5, 5.41) is 3.18. The zero-order chi connectivity index (χ0) is 28.6. The number of carbonyl (C=O) groups is 1. The average molecular weight is 548 g/mol. The summed E-state index contributed by atoms with van der Waals surface area (Å²) in [5.74, 6) is 2.65. The van der Waals surface area contributed by atoms with Gasteiger partial charge in [-0.2, -0.15) is 0 Å². The number of amides is 1. The smallest absolute Gasteiger partial charge is 0.278 e. The van der Waals surface area contributed by atoms with E-state index >= 15 is 0 Å². The average Bonchev–Trinajstić information content (AvgIpc) is 2.96. The Labute approximate surface area is 240 Å². The zero-order valence-electron chi connectivity index (χ0n) is 24.7. The number of nitrogens with one attached hydrogen (secondary N) is 1. The van der Waals surface area contributed by atoms with Crippen LogP contribution in [0.2, 0.25) is 0 Å². The molecule has 1 N–H and O–H groups in total. The van der Waals surface area contributed by atoms with Crippen LogP contribution in [0.4, 0.5) is 0 Å². The Morgan fingerprint density at radius 3 is 2.02 bits per heavy atom. The third kappa shape index (κ3) is 11.3. The molecule has 0 aliphatic carbocycles. The molecule has 0 saturated carbocycles. The number of quaternary nitrogens is 1. The molecule has 3 rings (SSSR count). The first-order valence-electron chi connectivity index (χ1n) is 14.5.